The van der Waals surface area contributed by atoms with Crippen LogP contribution in [-0.4, -0.2) is 4.98 Å². The van der Waals surface area contributed by atoms with Crippen molar-refractivity contribution in [2.75, 3.05) is 0 Å². The molecule has 1 heterocycles. The van der Waals surface area contributed by atoms with E-state index in [1.54, 1.807) is 11.3 Å². The molecule has 1 fully saturated rings. The molecule has 0 radical (unpaired) electrons. The van der Waals surface area contributed by atoms with Crippen molar-refractivity contribution >= 4 is 22.9 Å². The first kappa shape index (κ1) is 12.2. The average molecular weight is 279 g/mol. The molecule has 1 aliphatic carbocycles. The minimum atomic E-state index is 0.610. The van der Waals surface area contributed by atoms with Crippen molar-refractivity contribution in [2.45, 2.75) is 31.7 Å². The van der Waals surface area contributed by atoms with Crippen LogP contribution in [0.4, 0.5) is 0 Å². The average Bonchev–Trinajstić information content (AvgIpc) is 3.11. The van der Waals surface area contributed by atoms with Crippen molar-refractivity contribution in [1.82, 2.24) is 4.98 Å². The number of halogens is 1. The molecule has 1 aromatic heterocycles. The van der Waals surface area contributed by atoms with Gasteiger partial charge in [0.2, 0.25) is 0 Å². The maximum Gasteiger partial charge on any atom is 0.0975 e. The number of hydrogen-bond donors (Lipinski definition) is 1. The van der Waals surface area contributed by atoms with Gasteiger partial charge in [-0.2, -0.15) is 0 Å². The van der Waals surface area contributed by atoms with Crippen LogP contribution < -0.4 is 5.73 Å². The van der Waals surface area contributed by atoms with Gasteiger partial charge >= 0.3 is 0 Å². The van der Waals surface area contributed by atoms with Gasteiger partial charge in [0.25, 0.3) is 0 Å². The predicted molar refractivity (Wildman–Crippen MR) is 76.2 cm³/mol. The van der Waals surface area contributed by atoms with Crippen LogP contribution in [0.2, 0.25) is 5.02 Å². The number of aromatic nitrogens is 1. The highest BCUT2D eigenvalue weighted by molar-refractivity contribution is 7.11. The normalized spacial score (nSPS) is 15.0. The maximum absolute atomic E-state index is 6.00. The highest BCUT2D eigenvalue weighted by atomic mass is 35.5. The molecule has 2 aromatic rings. The molecule has 94 valence electrons. The fourth-order valence-corrected chi connectivity index (χ4v) is 3.41. The molecule has 0 spiro atoms. The number of thiazole rings is 1. The van der Waals surface area contributed by atoms with Gasteiger partial charge < -0.3 is 5.73 Å². The Hall–Kier alpha value is -0.900. The van der Waals surface area contributed by atoms with Crippen LogP contribution in [0.25, 0.3) is 0 Å². The van der Waals surface area contributed by atoms with E-state index in [1.165, 1.54) is 29.0 Å². The predicted octanol–water partition coefficient (Wildman–Crippen LogP) is 3.72. The molecule has 1 saturated carbocycles. The highest BCUT2D eigenvalue weighted by Gasteiger charge is 2.29. The summed E-state index contributed by atoms with van der Waals surface area (Å²) in [7, 11) is 0. The Morgan fingerprint density at radius 3 is 2.89 bits per heavy atom. The van der Waals surface area contributed by atoms with Gasteiger partial charge in [-0.25, -0.2) is 4.98 Å². The van der Waals surface area contributed by atoms with Crippen LogP contribution in [0.3, 0.4) is 0 Å². The molecule has 0 aliphatic heterocycles. The van der Waals surface area contributed by atoms with Gasteiger partial charge in [0.1, 0.15) is 0 Å². The smallest absolute Gasteiger partial charge is 0.0975 e. The second-order valence-corrected chi connectivity index (χ2v) is 6.31. The molecular weight excluding hydrogens is 264 g/mol. The van der Waals surface area contributed by atoms with E-state index in [4.69, 9.17) is 22.3 Å². The van der Waals surface area contributed by atoms with Crippen LogP contribution >= 0.6 is 22.9 Å². The lowest BCUT2D eigenvalue weighted by Crippen LogP contribution is -1.96. The number of nitrogens with zero attached hydrogens (tertiary/aromatic N) is 1. The minimum absolute atomic E-state index is 0.610. The summed E-state index contributed by atoms with van der Waals surface area (Å²) in [6, 6.07) is 7.97. The number of nitrogens with two attached hydrogens (primary N) is 1. The summed E-state index contributed by atoms with van der Waals surface area (Å²) in [5.74, 6) is 0.674. The van der Waals surface area contributed by atoms with Gasteiger partial charge in [0.15, 0.2) is 0 Å². The minimum Gasteiger partial charge on any atom is -0.326 e. The van der Waals surface area contributed by atoms with Gasteiger partial charge in [-0.3, -0.25) is 0 Å². The standard InChI is InChI=1S/C14H15ClN2S/c15-11-3-1-2-9(6-11)7-13-17-14(10-4-5-10)12(8-16)18-13/h1-3,6,10H,4-5,7-8,16H2. The van der Waals surface area contributed by atoms with Gasteiger partial charge in [0, 0.05) is 28.8 Å². The van der Waals surface area contributed by atoms with Gasteiger partial charge in [0.05, 0.1) is 10.7 Å². The number of rotatable bonds is 4. The van der Waals surface area contributed by atoms with Crippen LogP contribution in [0.15, 0.2) is 24.3 Å². The van der Waals surface area contributed by atoms with Crippen molar-refractivity contribution < 1.29 is 0 Å². The molecule has 2 N–H and O–H groups in total. The molecular formula is C14H15ClN2S. The van der Waals surface area contributed by atoms with E-state index >= 15 is 0 Å². The molecule has 0 unspecified atom stereocenters. The first-order valence-corrected chi connectivity index (χ1v) is 7.38. The molecule has 0 bridgehead atoms. The zero-order valence-corrected chi connectivity index (χ0v) is 11.6. The summed E-state index contributed by atoms with van der Waals surface area (Å²) in [5.41, 5.74) is 8.26. The maximum atomic E-state index is 6.00. The largest absolute Gasteiger partial charge is 0.326 e. The van der Waals surface area contributed by atoms with E-state index in [2.05, 4.69) is 6.07 Å². The lowest BCUT2D eigenvalue weighted by molar-refractivity contribution is 0.959. The van der Waals surface area contributed by atoms with Gasteiger partial charge in [-0.15, -0.1) is 11.3 Å². The van der Waals surface area contributed by atoms with Crippen molar-refractivity contribution in [1.29, 1.82) is 0 Å². The third kappa shape index (κ3) is 2.58. The Kier molecular flexibility index (Phi) is 3.37. The summed E-state index contributed by atoms with van der Waals surface area (Å²) in [5, 5.41) is 1.94. The Morgan fingerprint density at radius 2 is 2.22 bits per heavy atom. The second-order valence-electron chi connectivity index (χ2n) is 4.70. The van der Waals surface area contributed by atoms with Crippen molar-refractivity contribution in [3.8, 4) is 0 Å². The molecule has 4 heteroatoms. The topological polar surface area (TPSA) is 38.9 Å². The molecule has 3 rings (SSSR count). The fourth-order valence-electron chi connectivity index (χ4n) is 2.13. The third-order valence-electron chi connectivity index (χ3n) is 3.17. The van der Waals surface area contributed by atoms with Gasteiger partial charge in [-0.05, 0) is 30.5 Å². The molecule has 0 saturated heterocycles. The molecule has 18 heavy (non-hydrogen) atoms. The first-order chi connectivity index (χ1) is 8.76. The number of hydrogen-bond acceptors (Lipinski definition) is 3. The Bertz CT molecular complexity index is 561. The Balaban J connectivity index is 1.84. The van der Waals surface area contributed by atoms with Crippen molar-refractivity contribution in [3.63, 3.8) is 0 Å². The molecule has 2 nitrogen and oxygen atoms in total. The van der Waals surface area contributed by atoms with Crippen molar-refractivity contribution in [2.24, 2.45) is 5.73 Å². The van der Waals surface area contributed by atoms with Gasteiger partial charge in [-0.1, -0.05) is 23.7 Å². The van der Waals surface area contributed by atoms with Crippen LogP contribution in [0.5, 0.6) is 0 Å². The fraction of sp³-hybridized carbons (Fsp3) is 0.357. The summed E-state index contributed by atoms with van der Waals surface area (Å²) < 4.78 is 0. The van der Waals surface area contributed by atoms with Crippen LogP contribution in [-0.2, 0) is 13.0 Å². The summed E-state index contributed by atoms with van der Waals surface area (Å²) in [4.78, 5) is 6.02. The summed E-state index contributed by atoms with van der Waals surface area (Å²) in [6.07, 6.45) is 3.39. The lowest BCUT2D eigenvalue weighted by atomic mass is 10.1. The molecule has 1 aromatic carbocycles. The lowest BCUT2D eigenvalue weighted by Gasteiger charge is -1.98. The molecule has 1 aliphatic rings. The summed E-state index contributed by atoms with van der Waals surface area (Å²) >= 11 is 7.75. The quantitative estimate of drug-likeness (QED) is 0.926. The van der Waals surface area contributed by atoms with Crippen LogP contribution in [0, 0.1) is 0 Å². The Morgan fingerprint density at radius 1 is 1.39 bits per heavy atom. The third-order valence-corrected chi connectivity index (χ3v) is 4.49. The van der Waals surface area contributed by atoms with E-state index in [9.17, 15) is 0 Å². The van der Waals surface area contributed by atoms with Crippen LogP contribution in [0.1, 0.15) is 39.9 Å². The SMILES string of the molecule is NCc1sc(Cc2cccc(Cl)c2)nc1C1CC1. The summed E-state index contributed by atoms with van der Waals surface area (Å²) in [6.45, 7) is 0.610. The monoisotopic (exact) mass is 278 g/mol. The zero-order valence-electron chi connectivity index (χ0n) is 10.0. The number of benzene rings is 1. The second kappa shape index (κ2) is 5.00. The highest BCUT2D eigenvalue weighted by Crippen LogP contribution is 2.42. The first-order valence-electron chi connectivity index (χ1n) is 6.19. The zero-order chi connectivity index (χ0) is 12.5. The van der Waals surface area contributed by atoms with E-state index in [1.807, 2.05) is 18.2 Å². The Labute approximate surface area is 116 Å². The van der Waals surface area contributed by atoms with E-state index in [-0.39, 0.29) is 0 Å². The van der Waals surface area contributed by atoms with E-state index < -0.39 is 0 Å². The molecule has 0 atom stereocenters. The molecule has 0 amide bonds. The van der Waals surface area contributed by atoms with E-state index in [0.717, 1.165) is 16.5 Å². The van der Waals surface area contributed by atoms with E-state index in [0.29, 0.717) is 12.5 Å². The van der Waals surface area contributed by atoms with Crippen molar-refractivity contribution in [3.05, 3.63) is 50.4 Å².